The van der Waals surface area contributed by atoms with Crippen LogP contribution in [0.4, 0.5) is 20.2 Å². The van der Waals surface area contributed by atoms with E-state index in [2.05, 4.69) is 21.2 Å². The zero-order chi connectivity index (χ0) is 14.7. The zero-order valence-corrected chi connectivity index (χ0v) is 11.9. The third-order valence-electron chi connectivity index (χ3n) is 2.68. The maximum atomic E-state index is 13.6. The van der Waals surface area contributed by atoms with E-state index in [0.717, 1.165) is 12.1 Å². The average molecular weight is 341 g/mol. The normalized spacial score (nSPS) is 10.3. The van der Waals surface area contributed by atoms with Crippen molar-refractivity contribution < 1.29 is 13.6 Å². The molecule has 0 spiro atoms. The first-order valence-electron chi connectivity index (χ1n) is 5.75. The molecule has 20 heavy (non-hydrogen) atoms. The molecule has 3 N–H and O–H groups in total. The number of rotatable bonds is 3. The molecule has 0 radical (unpaired) electrons. The van der Waals surface area contributed by atoms with Crippen LogP contribution in [0.3, 0.4) is 0 Å². The van der Waals surface area contributed by atoms with Gasteiger partial charge in [-0.15, -0.1) is 0 Å². The molecule has 0 aromatic heterocycles. The minimum absolute atomic E-state index is 0.0540. The van der Waals surface area contributed by atoms with E-state index in [0.29, 0.717) is 11.3 Å². The van der Waals surface area contributed by atoms with E-state index in [-0.39, 0.29) is 10.9 Å². The summed E-state index contributed by atoms with van der Waals surface area (Å²) in [6.45, 7) is 0. The number of hydrogen-bond donors (Lipinski definition) is 2. The molecular formula is C14H11BrF2N2O. The van der Waals surface area contributed by atoms with Crippen molar-refractivity contribution in [1.82, 2.24) is 0 Å². The Morgan fingerprint density at radius 2 is 1.80 bits per heavy atom. The number of amides is 1. The highest BCUT2D eigenvalue weighted by Gasteiger charge is 2.14. The van der Waals surface area contributed by atoms with E-state index in [9.17, 15) is 13.6 Å². The van der Waals surface area contributed by atoms with E-state index in [1.54, 1.807) is 24.3 Å². The monoisotopic (exact) mass is 340 g/mol. The van der Waals surface area contributed by atoms with Gasteiger partial charge in [-0.05, 0) is 23.8 Å². The summed E-state index contributed by atoms with van der Waals surface area (Å²) < 4.78 is 27.4. The molecule has 0 fully saturated rings. The summed E-state index contributed by atoms with van der Waals surface area (Å²) in [5.41, 5.74) is 6.30. The van der Waals surface area contributed by atoms with Crippen molar-refractivity contribution in [3.8, 4) is 0 Å². The third kappa shape index (κ3) is 3.33. The third-order valence-corrected chi connectivity index (χ3v) is 3.14. The number of para-hydroxylation sites is 1. The van der Waals surface area contributed by atoms with E-state index < -0.39 is 23.2 Å². The first-order chi connectivity index (χ1) is 9.47. The molecule has 0 saturated heterocycles. The van der Waals surface area contributed by atoms with E-state index in [1.165, 1.54) is 0 Å². The first kappa shape index (κ1) is 14.5. The van der Waals surface area contributed by atoms with Crippen LogP contribution >= 0.6 is 15.9 Å². The molecule has 0 bridgehead atoms. The van der Waals surface area contributed by atoms with Crippen LogP contribution in [0.5, 0.6) is 0 Å². The fourth-order valence-electron chi connectivity index (χ4n) is 1.71. The Labute approximate surface area is 122 Å². The highest BCUT2D eigenvalue weighted by Crippen LogP contribution is 2.24. The minimum atomic E-state index is -0.841. The standard InChI is InChI=1S/C14H11BrF2N2O/c15-9-6-10(16)14(11(17)7-9)19-13(20)5-8-3-1-2-4-12(8)18/h1-4,6-7H,5,18H2,(H,19,20). The lowest BCUT2D eigenvalue weighted by atomic mass is 10.1. The summed E-state index contributed by atoms with van der Waals surface area (Å²) in [7, 11) is 0. The molecule has 2 aromatic carbocycles. The Bertz CT molecular complexity index is 638. The van der Waals surface area contributed by atoms with Crippen molar-refractivity contribution >= 4 is 33.2 Å². The Hall–Kier alpha value is -1.95. The van der Waals surface area contributed by atoms with Gasteiger partial charge in [0, 0.05) is 10.2 Å². The number of hydrogen-bond acceptors (Lipinski definition) is 2. The van der Waals surface area contributed by atoms with Crippen molar-refractivity contribution in [2.75, 3.05) is 11.1 Å². The molecule has 2 aromatic rings. The Morgan fingerprint density at radius 3 is 2.40 bits per heavy atom. The van der Waals surface area contributed by atoms with E-state index >= 15 is 0 Å². The molecule has 0 aliphatic rings. The molecule has 0 unspecified atom stereocenters. The largest absolute Gasteiger partial charge is 0.398 e. The minimum Gasteiger partial charge on any atom is -0.398 e. The van der Waals surface area contributed by atoms with Gasteiger partial charge in [-0.3, -0.25) is 4.79 Å². The fourth-order valence-corrected chi connectivity index (χ4v) is 2.12. The van der Waals surface area contributed by atoms with Crippen LogP contribution < -0.4 is 11.1 Å². The van der Waals surface area contributed by atoms with E-state index in [4.69, 9.17) is 5.73 Å². The van der Waals surface area contributed by atoms with Crippen molar-refractivity contribution in [2.45, 2.75) is 6.42 Å². The Kier molecular flexibility index (Phi) is 4.34. The maximum Gasteiger partial charge on any atom is 0.229 e. The van der Waals surface area contributed by atoms with Crippen LogP contribution in [0.25, 0.3) is 0 Å². The predicted octanol–water partition coefficient (Wildman–Crippen LogP) is 3.49. The van der Waals surface area contributed by atoms with Crippen LogP contribution in [0.15, 0.2) is 40.9 Å². The van der Waals surface area contributed by atoms with Gasteiger partial charge in [0.15, 0.2) is 11.6 Å². The number of nitrogens with one attached hydrogen (secondary N) is 1. The molecule has 0 atom stereocenters. The number of halogens is 3. The second-order valence-corrected chi connectivity index (χ2v) is 5.08. The molecule has 0 aliphatic heterocycles. The lowest BCUT2D eigenvalue weighted by Crippen LogP contribution is -2.17. The molecule has 6 heteroatoms. The van der Waals surface area contributed by atoms with Crippen LogP contribution in [0.1, 0.15) is 5.56 Å². The van der Waals surface area contributed by atoms with Gasteiger partial charge in [-0.1, -0.05) is 34.1 Å². The number of carbonyl (C=O) groups excluding carboxylic acids is 1. The molecule has 104 valence electrons. The molecule has 1 amide bonds. The summed E-state index contributed by atoms with van der Waals surface area (Å²) in [6, 6.07) is 8.97. The lowest BCUT2D eigenvalue weighted by Gasteiger charge is -2.09. The van der Waals surface area contributed by atoms with Crippen LogP contribution in [-0.4, -0.2) is 5.91 Å². The fraction of sp³-hybridized carbons (Fsp3) is 0.0714. The lowest BCUT2D eigenvalue weighted by molar-refractivity contribution is -0.115. The van der Waals surface area contributed by atoms with Crippen LogP contribution in [0.2, 0.25) is 0 Å². The quantitative estimate of drug-likeness (QED) is 0.840. The Balaban J connectivity index is 2.15. The van der Waals surface area contributed by atoms with Gasteiger partial charge in [0.1, 0.15) is 5.69 Å². The SMILES string of the molecule is Nc1ccccc1CC(=O)Nc1c(F)cc(Br)cc1F. The second kappa shape index (κ2) is 6.00. The van der Waals surface area contributed by atoms with Crippen molar-refractivity contribution in [1.29, 1.82) is 0 Å². The van der Waals surface area contributed by atoms with Gasteiger partial charge in [-0.2, -0.15) is 0 Å². The van der Waals surface area contributed by atoms with Crippen molar-refractivity contribution in [2.24, 2.45) is 0 Å². The number of carbonyl (C=O) groups is 1. The Morgan fingerprint density at radius 1 is 1.20 bits per heavy atom. The number of anilines is 2. The summed E-state index contributed by atoms with van der Waals surface area (Å²) in [5.74, 6) is -2.22. The van der Waals surface area contributed by atoms with Gasteiger partial charge in [0.25, 0.3) is 0 Å². The van der Waals surface area contributed by atoms with Crippen molar-refractivity contribution in [3.05, 3.63) is 58.1 Å². The van der Waals surface area contributed by atoms with Crippen LogP contribution in [0, 0.1) is 11.6 Å². The van der Waals surface area contributed by atoms with Gasteiger partial charge in [0.05, 0.1) is 6.42 Å². The number of nitrogens with two attached hydrogens (primary N) is 1. The molecular weight excluding hydrogens is 330 g/mol. The highest BCUT2D eigenvalue weighted by atomic mass is 79.9. The van der Waals surface area contributed by atoms with Gasteiger partial charge >= 0.3 is 0 Å². The second-order valence-electron chi connectivity index (χ2n) is 4.17. The number of nitrogen functional groups attached to an aromatic ring is 1. The average Bonchev–Trinajstić information content (AvgIpc) is 2.36. The molecule has 0 heterocycles. The van der Waals surface area contributed by atoms with Crippen LogP contribution in [-0.2, 0) is 11.2 Å². The summed E-state index contributed by atoms with van der Waals surface area (Å²) in [4.78, 5) is 11.8. The van der Waals surface area contributed by atoms with Gasteiger partial charge in [0.2, 0.25) is 5.91 Å². The number of benzene rings is 2. The van der Waals surface area contributed by atoms with Gasteiger partial charge < -0.3 is 11.1 Å². The molecule has 0 aliphatic carbocycles. The topological polar surface area (TPSA) is 55.1 Å². The molecule has 0 saturated carbocycles. The maximum absolute atomic E-state index is 13.6. The summed E-state index contributed by atoms with van der Waals surface area (Å²) in [6.07, 6.45) is -0.0540. The predicted molar refractivity (Wildman–Crippen MR) is 77.2 cm³/mol. The van der Waals surface area contributed by atoms with E-state index in [1.807, 2.05) is 0 Å². The van der Waals surface area contributed by atoms with Crippen molar-refractivity contribution in [3.63, 3.8) is 0 Å². The summed E-state index contributed by atoms with van der Waals surface area (Å²) in [5, 5.41) is 2.22. The smallest absolute Gasteiger partial charge is 0.229 e. The highest BCUT2D eigenvalue weighted by molar-refractivity contribution is 9.10. The molecule has 2 rings (SSSR count). The first-order valence-corrected chi connectivity index (χ1v) is 6.54. The summed E-state index contributed by atoms with van der Waals surface area (Å²) >= 11 is 2.97. The molecule has 3 nitrogen and oxygen atoms in total. The zero-order valence-electron chi connectivity index (χ0n) is 10.3. The van der Waals surface area contributed by atoms with Gasteiger partial charge in [-0.25, -0.2) is 8.78 Å².